The number of nitrogens with one attached hydrogen (secondary N) is 1. The molecule has 0 aliphatic heterocycles. The Morgan fingerprint density at radius 2 is 2.50 bits per heavy atom. The zero-order chi connectivity index (χ0) is 10.4. The number of carbonyl (C=O) groups excluding carboxylic acids is 1. The molecule has 1 aromatic heterocycles. The van der Waals surface area contributed by atoms with Crippen LogP contribution in [0.1, 0.15) is 17.4 Å². The summed E-state index contributed by atoms with van der Waals surface area (Å²) in [5, 5.41) is 10.0. The number of nitrogens with two attached hydrogens (primary N) is 1. The maximum atomic E-state index is 11.4. The molecular weight excluding hydrogens is 180 g/mol. The van der Waals surface area contributed by atoms with Crippen molar-refractivity contribution in [2.75, 3.05) is 13.1 Å². The van der Waals surface area contributed by atoms with Crippen LogP contribution >= 0.6 is 0 Å². The summed E-state index contributed by atoms with van der Waals surface area (Å²) < 4.78 is 0. The van der Waals surface area contributed by atoms with Gasteiger partial charge in [0, 0.05) is 12.7 Å². The fourth-order valence-corrected chi connectivity index (χ4v) is 0.863. The van der Waals surface area contributed by atoms with Crippen molar-refractivity contribution in [3.8, 4) is 0 Å². The van der Waals surface area contributed by atoms with E-state index in [2.05, 4.69) is 15.5 Å². The molecule has 76 valence electrons. The maximum Gasteiger partial charge on any atom is 0.271 e. The van der Waals surface area contributed by atoms with E-state index in [1.807, 2.05) is 6.92 Å². The van der Waals surface area contributed by atoms with Crippen LogP contribution in [0, 0.1) is 5.92 Å². The lowest BCUT2D eigenvalue weighted by atomic mass is 10.2. The minimum absolute atomic E-state index is 0.210. The highest BCUT2D eigenvalue weighted by Gasteiger charge is 2.07. The minimum Gasteiger partial charge on any atom is -0.350 e. The van der Waals surface area contributed by atoms with Crippen LogP contribution in [0.3, 0.4) is 0 Å². The summed E-state index contributed by atoms with van der Waals surface area (Å²) >= 11 is 0. The Morgan fingerprint density at radius 3 is 3.07 bits per heavy atom. The van der Waals surface area contributed by atoms with Gasteiger partial charge in [-0.3, -0.25) is 4.79 Å². The molecule has 1 atom stereocenters. The second-order valence-corrected chi connectivity index (χ2v) is 3.16. The summed E-state index contributed by atoms with van der Waals surface area (Å²) in [6, 6.07) is 3.30. The summed E-state index contributed by atoms with van der Waals surface area (Å²) in [5.41, 5.74) is 5.75. The van der Waals surface area contributed by atoms with Gasteiger partial charge in [-0.1, -0.05) is 6.92 Å². The summed E-state index contributed by atoms with van der Waals surface area (Å²) in [6.07, 6.45) is 1.53. The van der Waals surface area contributed by atoms with E-state index in [-0.39, 0.29) is 11.8 Å². The number of amides is 1. The lowest BCUT2D eigenvalue weighted by molar-refractivity contribution is 0.0942. The van der Waals surface area contributed by atoms with Crippen molar-refractivity contribution in [1.29, 1.82) is 0 Å². The van der Waals surface area contributed by atoms with Crippen molar-refractivity contribution in [2.45, 2.75) is 6.92 Å². The molecule has 1 aromatic rings. The number of aromatic nitrogens is 2. The van der Waals surface area contributed by atoms with Gasteiger partial charge in [-0.05, 0) is 24.6 Å². The van der Waals surface area contributed by atoms with Crippen LogP contribution in [0.4, 0.5) is 0 Å². The molecule has 0 bridgehead atoms. The topological polar surface area (TPSA) is 80.9 Å². The van der Waals surface area contributed by atoms with Crippen molar-refractivity contribution in [3.05, 3.63) is 24.0 Å². The Balaban J connectivity index is 2.44. The van der Waals surface area contributed by atoms with Crippen LogP contribution in [0.15, 0.2) is 18.3 Å². The second kappa shape index (κ2) is 5.29. The first-order valence-electron chi connectivity index (χ1n) is 4.50. The van der Waals surface area contributed by atoms with Gasteiger partial charge in [-0.2, -0.15) is 5.10 Å². The summed E-state index contributed by atoms with van der Waals surface area (Å²) in [4.78, 5) is 11.4. The molecule has 1 amide bonds. The Kier molecular flexibility index (Phi) is 4.00. The third-order valence-electron chi connectivity index (χ3n) is 1.82. The van der Waals surface area contributed by atoms with Crippen molar-refractivity contribution < 1.29 is 4.79 Å². The van der Waals surface area contributed by atoms with Gasteiger partial charge in [0.25, 0.3) is 5.91 Å². The molecule has 3 N–H and O–H groups in total. The summed E-state index contributed by atoms with van der Waals surface area (Å²) in [7, 11) is 0. The molecule has 5 heteroatoms. The van der Waals surface area contributed by atoms with Crippen molar-refractivity contribution >= 4 is 5.91 Å². The monoisotopic (exact) mass is 194 g/mol. The van der Waals surface area contributed by atoms with E-state index in [1.165, 1.54) is 6.20 Å². The first-order valence-corrected chi connectivity index (χ1v) is 4.50. The maximum absolute atomic E-state index is 11.4. The average molecular weight is 194 g/mol. The molecule has 0 radical (unpaired) electrons. The highest BCUT2D eigenvalue weighted by Crippen LogP contribution is 1.92. The number of hydrogen-bond donors (Lipinski definition) is 2. The molecule has 0 saturated heterocycles. The van der Waals surface area contributed by atoms with E-state index in [0.29, 0.717) is 18.8 Å². The zero-order valence-electron chi connectivity index (χ0n) is 8.10. The smallest absolute Gasteiger partial charge is 0.271 e. The van der Waals surface area contributed by atoms with Gasteiger partial charge >= 0.3 is 0 Å². The fourth-order valence-electron chi connectivity index (χ4n) is 0.863. The lowest BCUT2D eigenvalue weighted by Crippen LogP contribution is -2.31. The Morgan fingerprint density at radius 1 is 1.71 bits per heavy atom. The molecule has 0 fully saturated rings. The largest absolute Gasteiger partial charge is 0.350 e. The van der Waals surface area contributed by atoms with Gasteiger partial charge in [0.15, 0.2) is 5.69 Å². The second-order valence-electron chi connectivity index (χ2n) is 3.16. The standard InChI is InChI=1S/C9H14N4O/c1-7(5-10)6-11-9(14)8-3-2-4-12-13-8/h2-4,7H,5-6,10H2,1H3,(H,11,14). The molecule has 14 heavy (non-hydrogen) atoms. The fraction of sp³-hybridized carbons (Fsp3) is 0.444. The Hall–Kier alpha value is -1.49. The number of hydrogen-bond acceptors (Lipinski definition) is 4. The number of rotatable bonds is 4. The molecule has 0 aliphatic rings. The summed E-state index contributed by atoms with van der Waals surface area (Å²) in [5.74, 6) is 0.0639. The third kappa shape index (κ3) is 3.10. The normalized spacial score (nSPS) is 12.1. The van der Waals surface area contributed by atoms with Gasteiger partial charge in [0.05, 0.1) is 0 Å². The molecule has 1 unspecified atom stereocenters. The molecule has 5 nitrogen and oxygen atoms in total. The molecule has 1 rings (SSSR count). The van der Waals surface area contributed by atoms with Crippen LogP contribution in [0.2, 0.25) is 0 Å². The van der Waals surface area contributed by atoms with E-state index in [9.17, 15) is 4.79 Å². The van der Waals surface area contributed by atoms with Crippen LogP contribution in [-0.2, 0) is 0 Å². The van der Waals surface area contributed by atoms with Crippen LogP contribution in [-0.4, -0.2) is 29.2 Å². The van der Waals surface area contributed by atoms with Crippen LogP contribution < -0.4 is 11.1 Å². The number of nitrogens with zero attached hydrogens (tertiary/aromatic N) is 2. The minimum atomic E-state index is -0.210. The zero-order valence-corrected chi connectivity index (χ0v) is 8.10. The highest BCUT2D eigenvalue weighted by atomic mass is 16.1. The van der Waals surface area contributed by atoms with Gasteiger partial charge in [0.1, 0.15) is 0 Å². The molecule has 0 aliphatic carbocycles. The first kappa shape index (κ1) is 10.6. The summed E-state index contributed by atoms with van der Waals surface area (Å²) in [6.45, 7) is 3.09. The molecular formula is C9H14N4O. The predicted octanol–water partition coefficient (Wildman–Crippen LogP) is -0.199. The third-order valence-corrected chi connectivity index (χ3v) is 1.82. The van der Waals surface area contributed by atoms with E-state index in [4.69, 9.17) is 5.73 Å². The van der Waals surface area contributed by atoms with Crippen LogP contribution in [0.5, 0.6) is 0 Å². The molecule has 0 spiro atoms. The average Bonchev–Trinajstić information content (AvgIpc) is 2.26. The van der Waals surface area contributed by atoms with Crippen molar-refractivity contribution in [3.63, 3.8) is 0 Å². The van der Waals surface area contributed by atoms with Gasteiger partial charge in [-0.15, -0.1) is 5.10 Å². The molecule has 1 heterocycles. The molecule has 0 saturated carbocycles. The van der Waals surface area contributed by atoms with Gasteiger partial charge in [-0.25, -0.2) is 0 Å². The highest BCUT2D eigenvalue weighted by molar-refractivity contribution is 5.91. The predicted molar refractivity (Wildman–Crippen MR) is 52.6 cm³/mol. The van der Waals surface area contributed by atoms with E-state index < -0.39 is 0 Å². The van der Waals surface area contributed by atoms with E-state index >= 15 is 0 Å². The van der Waals surface area contributed by atoms with Crippen molar-refractivity contribution in [2.24, 2.45) is 11.7 Å². The number of carbonyl (C=O) groups is 1. The van der Waals surface area contributed by atoms with Gasteiger partial charge < -0.3 is 11.1 Å². The first-order chi connectivity index (χ1) is 6.74. The SMILES string of the molecule is CC(CN)CNC(=O)c1cccnn1. The molecule has 0 aromatic carbocycles. The van der Waals surface area contributed by atoms with Crippen molar-refractivity contribution in [1.82, 2.24) is 15.5 Å². The Labute approximate surface area is 82.7 Å². The Bertz CT molecular complexity index is 288. The quantitative estimate of drug-likeness (QED) is 0.695. The van der Waals surface area contributed by atoms with Crippen LogP contribution in [0.25, 0.3) is 0 Å². The van der Waals surface area contributed by atoms with E-state index in [0.717, 1.165) is 0 Å². The van der Waals surface area contributed by atoms with E-state index in [1.54, 1.807) is 12.1 Å². The lowest BCUT2D eigenvalue weighted by Gasteiger charge is -2.08. The van der Waals surface area contributed by atoms with Gasteiger partial charge in [0.2, 0.25) is 0 Å².